The van der Waals surface area contributed by atoms with Crippen LogP contribution in [0.2, 0.25) is 0 Å². The average molecular weight is 539 g/mol. The van der Waals surface area contributed by atoms with E-state index in [0.29, 0.717) is 18.6 Å². The van der Waals surface area contributed by atoms with Gasteiger partial charge in [-0.3, -0.25) is 4.79 Å². The third-order valence-electron chi connectivity index (χ3n) is 8.36. The number of benzene rings is 3. The molecule has 0 spiro atoms. The molecule has 0 bridgehead atoms. The lowest BCUT2D eigenvalue weighted by molar-refractivity contribution is -0.117. The number of allylic oxidation sites excluding steroid dienone is 1. The van der Waals surface area contributed by atoms with Crippen LogP contribution in [0.1, 0.15) is 81.9 Å². The molecule has 4 nitrogen and oxygen atoms in total. The van der Waals surface area contributed by atoms with Crippen molar-refractivity contribution in [1.82, 2.24) is 5.32 Å². The van der Waals surface area contributed by atoms with Crippen molar-refractivity contribution in [1.29, 1.82) is 0 Å². The van der Waals surface area contributed by atoms with Gasteiger partial charge in [0.25, 0.3) is 0 Å². The molecule has 3 aromatic carbocycles. The van der Waals surface area contributed by atoms with Crippen LogP contribution in [0.15, 0.2) is 96.1 Å². The Kier molecular flexibility index (Phi) is 10.6. The molecule has 40 heavy (non-hydrogen) atoms. The third kappa shape index (κ3) is 8.56. The number of hydrogen-bond acceptors (Lipinski definition) is 3. The number of hydrogen-bond donors (Lipinski definition) is 2. The molecule has 0 radical (unpaired) electrons. The maximum Gasteiger partial charge on any atom is 0.221 e. The molecule has 1 unspecified atom stereocenters. The topological polar surface area (TPSA) is 64.3 Å². The largest absolute Gasteiger partial charge is 0.494 e. The summed E-state index contributed by atoms with van der Waals surface area (Å²) in [6.07, 6.45) is 7.01. The van der Waals surface area contributed by atoms with Crippen LogP contribution >= 0.6 is 0 Å². The zero-order chi connectivity index (χ0) is 28.4. The maximum atomic E-state index is 11.3. The highest BCUT2D eigenvalue weighted by atomic mass is 16.5. The van der Waals surface area contributed by atoms with Crippen molar-refractivity contribution in [2.45, 2.75) is 77.7 Å². The lowest BCUT2D eigenvalue weighted by Crippen LogP contribution is -2.35. The van der Waals surface area contributed by atoms with E-state index in [9.17, 15) is 4.79 Å². The predicted molar refractivity (Wildman–Crippen MR) is 166 cm³/mol. The van der Waals surface area contributed by atoms with Gasteiger partial charge in [0.15, 0.2) is 0 Å². The quantitative estimate of drug-likeness (QED) is 0.164. The molecule has 0 saturated heterocycles. The highest BCUT2D eigenvalue weighted by molar-refractivity contribution is 5.76. The van der Waals surface area contributed by atoms with E-state index in [1.54, 1.807) is 11.1 Å². The molecular weight excluding hydrogens is 492 g/mol. The lowest BCUT2D eigenvalue weighted by atomic mass is 9.70. The molecule has 3 N–H and O–H groups in total. The van der Waals surface area contributed by atoms with Gasteiger partial charge in [-0.05, 0) is 86.2 Å². The molecule has 0 heterocycles. The van der Waals surface area contributed by atoms with Gasteiger partial charge < -0.3 is 15.8 Å². The highest BCUT2D eigenvalue weighted by Crippen LogP contribution is 2.43. The predicted octanol–water partition coefficient (Wildman–Crippen LogP) is 7.58. The fourth-order valence-corrected chi connectivity index (χ4v) is 6.25. The van der Waals surface area contributed by atoms with Crippen LogP contribution in [0.3, 0.4) is 0 Å². The monoisotopic (exact) mass is 538 g/mol. The molecule has 4 heteroatoms. The van der Waals surface area contributed by atoms with Crippen molar-refractivity contribution < 1.29 is 9.53 Å². The number of carbonyl (C=O) groups is 1. The summed E-state index contributed by atoms with van der Waals surface area (Å²) in [6, 6.07) is 29.9. The number of nitrogens with two attached hydrogens (primary N) is 1. The number of nitrogens with one attached hydrogen (secondary N) is 1. The van der Waals surface area contributed by atoms with Gasteiger partial charge in [0.1, 0.15) is 5.75 Å². The van der Waals surface area contributed by atoms with E-state index in [-0.39, 0.29) is 17.7 Å². The Morgan fingerprint density at radius 3 is 2.27 bits per heavy atom. The van der Waals surface area contributed by atoms with Gasteiger partial charge >= 0.3 is 0 Å². The van der Waals surface area contributed by atoms with Crippen LogP contribution in [0.5, 0.6) is 5.75 Å². The van der Waals surface area contributed by atoms with Gasteiger partial charge in [0, 0.05) is 12.0 Å². The third-order valence-corrected chi connectivity index (χ3v) is 8.36. The molecule has 0 saturated carbocycles. The Bertz CT molecular complexity index is 1210. The summed E-state index contributed by atoms with van der Waals surface area (Å²) in [5, 5.41) is 3.94. The van der Waals surface area contributed by atoms with Crippen LogP contribution in [0.25, 0.3) is 0 Å². The summed E-state index contributed by atoms with van der Waals surface area (Å²) in [7, 11) is 0. The van der Waals surface area contributed by atoms with E-state index in [2.05, 4.69) is 86.8 Å². The molecule has 1 amide bonds. The minimum atomic E-state index is -0.330. The molecule has 4 rings (SSSR count). The van der Waals surface area contributed by atoms with Gasteiger partial charge in [-0.15, -0.1) is 0 Å². The van der Waals surface area contributed by atoms with Gasteiger partial charge in [-0.25, -0.2) is 0 Å². The first-order valence-electron chi connectivity index (χ1n) is 14.8. The van der Waals surface area contributed by atoms with Crippen molar-refractivity contribution in [3.8, 4) is 5.75 Å². The molecule has 0 aromatic heterocycles. The van der Waals surface area contributed by atoms with Crippen molar-refractivity contribution in [2.24, 2.45) is 11.1 Å². The highest BCUT2D eigenvalue weighted by Gasteiger charge is 2.31. The number of rotatable bonds is 14. The first-order chi connectivity index (χ1) is 19.3. The van der Waals surface area contributed by atoms with Crippen LogP contribution in [-0.2, 0) is 11.2 Å². The first-order valence-corrected chi connectivity index (χ1v) is 14.8. The van der Waals surface area contributed by atoms with Gasteiger partial charge in [0.05, 0.1) is 13.0 Å². The van der Waals surface area contributed by atoms with Crippen LogP contribution in [0.4, 0.5) is 0 Å². The van der Waals surface area contributed by atoms with Gasteiger partial charge in [-0.1, -0.05) is 97.8 Å². The summed E-state index contributed by atoms with van der Waals surface area (Å²) in [5.74, 6) is 0.785. The van der Waals surface area contributed by atoms with Crippen molar-refractivity contribution >= 4 is 5.91 Å². The van der Waals surface area contributed by atoms with Gasteiger partial charge in [0.2, 0.25) is 5.91 Å². The summed E-state index contributed by atoms with van der Waals surface area (Å²) in [4.78, 5) is 11.3. The van der Waals surface area contributed by atoms with Crippen LogP contribution in [0, 0.1) is 5.41 Å². The number of ether oxygens (including phenoxy) is 1. The fourth-order valence-electron chi connectivity index (χ4n) is 6.25. The summed E-state index contributed by atoms with van der Waals surface area (Å²) >= 11 is 0. The van der Waals surface area contributed by atoms with Crippen molar-refractivity contribution in [3.63, 3.8) is 0 Å². The molecule has 212 valence electrons. The van der Waals surface area contributed by atoms with Gasteiger partial charge in [-0.2, -0.15) is 0 Å². The Morgan fingerprint density at radius 1 is 0.975 bits per heavy atom. The Morgan fingerprint density at radius 2 is 1.65 bits per heavy atom. The Labute approximate surface area is 241 Å². The lowest BCUT2D eigenvalue weighted by Gasteiger charge is -2.37. The van der Waals surface area contributed by atoms with Crippen LogP contribution in [-0.4, -0.2) is 25.1 Å². The van der Waals surface area contributed by atoms with Crippen LogP contribution < -0.4 is 15.8 Å². The van der Waals surface area contributed by atoms with E-state index in [0.717, 1.165) is 37.1 Å². The standard InChI is InChI=1S/C36H46N2O2/c1-27-13-11-20-36(2,3)34(27)26-31(25-33(29-15-6-4-7-16-29)30-17-8-5-9-18-30)38-21-12-22-40-32-19-10-14-28(23-32)24-35(37)39/h4-10,14-19,23,31,33,38H,11-13,20-22,24-26H2,1-3H3,(H2,37,39). The molecular formula is C36H46N2O2. The zero-order valence-electron chi connectivity index (χ0n) is 24.5. The second-order valence-corrected chi connectivity index (χ2v) is 12.0. The zero-order valence-corrected chi connectivity index (χ0v) is 24.5. The SMILES string of the molecule is CC1=C(CC(CC(c2ccccc2)c2ccccc2)NCCCOc2cccc(CC(N)=O)c2)C(C)(C)CCC1. The number of amides is 1. The van der Waals surface area contributed by atoms with Crippen molar-refractivity contribution in [2.75, 3.05) is 13.2 Å². The summed E-state index contributed by atoms with van der Waals surface area (Å²) < 4.78 is 6.03. The van der Waals surface area contributed by atoms with E-state index in [1.165, 1.54) is 30.4 Å². The maximum absolute atomic E-state index is 11.3. The smallest absolute Gasteiger partial charge is 0.221 e. The molecule has 0 aliphatic heterocycles. The minimum Gasteiger partial charge on any atom is -0.494 e. The Balaban J connectivity index is 1.46. The van der Waals surface area contributed by atoms with E-state index in [4.69, 9.17) is 10.5 Å². The summed E-state index contributed by atoms with van der Waals surface area (Å²) in [5.41, 5.74) is 12.4. The minimum absolute atomic E-state index is 0.232. The molecule has 0 fully saturated rings. The molecule has 1 aliphatic rings. The van der Waals surface area contributed by atoms with Crippen molar-refractivity contribution in [3.05, 3.63) is 113 Å². The summed E-state index contributed by atoms with van der Waals surface area (Å²) in [6.45, 7) is 8.70. The van der Waals surface area contributed by atoms with E-state index < -0.39 is 0 Å². The molecule has 1 aliphatic carbocycles. The second-order valence-electron chi connectivity index (χ2n) is 12.0. The Hall–Kier alpha value is -3.37. The average Bonchev–Trinajstić information content (AvgIpc) is 2.94. The fraction of sp³-hybridized carbons (Fsp3) is 0.417. The first kappa shape index (κ1) is 29.6. The van der Waals surface area contributed by atoms with E-state index in [1.807, 2.05) is 24.3 Å². The second kappa shape index (κ2) is 14.3. The van der Waals surface area contributed by atoms with E-state index >= 15 is 0 Å². The normalized spacial score (nSPS) is 15.7. The molecule has 1 atom stereocenters. The number of primary amides is 1. The number of carbonyl (C=O) groups excluding carboxylic acids is 1. The molecule has 3 aromatic rings.